The Kier molecular flexibility index (Phi) is 2.18. The summed E-state index contributed by atoms with van der Waals surface area (Å²) in [5.74, 6) is 0.187. The lowest BCUT2D eigenvalue weighted by Crippen LogP contribution is -2.04. The second-order valence-electron chi connectivity index (χ2n) is 2.06. The number of aliphatic hydroxyl groups excluding tert-OH is 1. The van der Waals surface area contributed by atoms with Crippen molar-refractivity contribution in [1.82, 2.24) is 4.98 Å². The third kappa shape index (κ3) is 1.53. The number of nitrogen functional groups attached to an aromatic ring is 1. The first-order valence-corrected chi connectivity index (χ1v) is 3.09. The van der Waals surface area contributed by atoms with Gasteiger partial charge in [0.2, 0.25) is 0 Å². The van der Waals surface area contributed by atoms with Gasteiger partial charge in [-0.2, -0.15) is 0 Å². The fourth-order valence-electron chi connectivity index (χ4n) is 0.753. The van der Waals surface area contributed by atoms with Crippen LogP contribution in [0.1, 0.15) is 11.7 Å². The summed E-state index contributed by atoms with van der Waals surface area (Å²) >= 11 is 0. The number of carbonyl (C=O) groups excluding carboxylic acids is 1. The average molecular weight is 152 g/mol. The van der Waals surface area contributed by atoms with Gasteiger partial charge in [-0.05, 0) is 6.07 Å². The van der Waals surface area contributed by atoms with Crippen LogP contribution in [0.5, 0.6) is 0 Å². The maximum absolute atomic E-state index is 10.1. The topological polar surface area (TPSA) is 76.2 Å². The number of anilines is 1. The van der Waals surface area contributed by atoms with E-state index in [2.05, 4.69) is 4.98 Å². The number of rotatable bonds is 2. The lowest BCUT2D eigenvalue weighted by atomic mass is 10.1. The van der Waals surface area contributed by atoms with Crippen molar-refractivity contribution >= 4 is 12.1 Å². The van der Waals surface area contributed by atoms with Crippen LogP contribution >= 0.6 is 0 Å². The van der Waals surface area contributed by atoms with Gasteiger partial charge in [-0.3, -0.25) is 0 Å². The molecular formula is C7H8N2O2. The fourth-order valence-corrected chi connectivity index (χ4v) is 0.753. The van der Waals surface area contributed by atoms with Crippen molar-refractivity contribution in [3.63, 3.8) is 0 Å². The molecule has 0 aliphatic heterocycles. The second-order valence-corrected chi connectivity index (χ2v) is 2.06. The molecule has 3 N–H and O–H groups in total. The van der Waals surface area contributed by atoms with E-state index in [0.717, 1.165) is 0 Å². The Morgan fingerprint density at radius 3 is 3.00 bits per heavy atom. The molecule has 0 aliphatic rings. The molecule has 0 fully saturated rings. The molecular weight excluding hydrogens is 144 g/mol. The van der Waals surface area contributed by atoms with Crippen LogP contribution in [0.2, 0.25) is 0 Å². The molecule has 1 heterocycles. The Labute approximate surface area is 63.7 Å². The van der Waals surface area contributed by atoms with Crippen molar-refractivity contribution in [3.05, 3.63) is 23.9 Å². The van der Waals surface area contributed by atoms with Gasteiger partial charge in [0, 0.05) is 11.8 Å². The van der Waals surface area contributed by atoms with E-state index in [-0.39, 0.29) is 5.82 Å². The predicted molar refractivity (Wildman–Crippen MR) is 39.7 cm³/mol. The SMILES string of the molecule is Nc1ncccc1C(O)C=O. The van der Waals surface area contributed by atoms with E-state index in [4.69, 9.17) is 10.8 Å². The Morgan fingerprint density at radius 1 is 1.73 bits per heavy atom. The molecule has 0 saturated heterocycles. The van der Waals surface area contributed by atoms with E-state index >= 15 is 0 Å². The highest BCUT2D eigenvalue weighted by Crippen LogP contribution is 2.14. The van der Waals surface area contributed by atoms with E-state index in [1.54, 1.807) is 12.1 Å². The van der Waals surface area contributed by atoms with E-state index < -0.39 is 6.10 Å². The number of nitrogens with zero attached hydrogens (tertiary/aromatic N) is 1. The van der Waals surface area contributed by atoms with Gasteiger partial charge in [-0.15, -0.1) is 0 Å². The number of pyridine rings is 1. The maximum atomic E-state index is 10.1. The van der Waals surface area contributed by atoms with E-state index in [1.165, 1.54) is 6.20 Å². The van der Waals surface area contributed by atoms with Crippen molar-refractivity contribution in [2.45, 2.75) is 6.10 Å². The summed E-state index contributed by atoms with van der Waals surface area (Å²) in [5, 5.41) is 9.02. The Hall–Kier alpha value is -1.42. The monoisotopic (exact) mass is 152 g/mol. The third-order valence-corrected chi connectivity index (χ3v) is 1.32. The normalized spacial score (nSPS) is 12.5. The molecule has 1 rings (SSSR count). The minimum absolute atomic E-state index is 0.187. The number of carbonyl (C=O) groups is 1. The molecule has 0 saturated carbocycles. The predicted octanol–water partition coefficient (Wildman–Crippen LogP) is -0.104. The highest BCUT2D eigenvalue weighted by atomic mass is 16.3. The lowest BCUT2D eigenvalue weighted by Gasteiger charge is -2.04. The van der Waals surface area contributed by atoms with Crippen LogP contribution in [0.3, 0.4) is 0 Å². The first kappa shape index (κ1) is 7.68. The zero-order valence-corrected chi connectivity index (χ0v) is 5.77. The van der Waals surface area contributed by atoms with E-state index in [1.807, 2.05) is 0 Å². The Morgan fingerprint density at radius 2 is 2.45 bits per heavy atom. The van der Waals surface area contributed by atoms with Gasteiger partial charge in [-0.1, -0.05) is 6.07 Å². The van der Waals surface area contributed by atoms with Gasteiger partial charge < -0.3 is 15.6 Å². The van der Waals surface area contributed by atoms with Crippen LogP contribution in [0, 0.1) is 0 Å². The molecule has 0 aromatic carbocycles. The number of nitrogens with two attached hydrogens (primary N) is 1. The number of hydrogen-bond donors (Lipinski definition) is 2. The van der Waals surface area contributed by atoms with Crippen LogP contribution in [0.4, 0.5) is 5.82 Å². The molecule has 4 heteroatoms. The molecule has 11 heavy (non-hydrogen) atoms. The van der Waals surface area contributed by atoms with E-state index in [9.17, 15) is 4.79 Å². The number of hydrogen-bond acceptors (Lipinski definition) is 4. The molecule has 0 aliphatic carbocycles. The smallest absolute Gasteiger partial charge is 0.153 e. The summed E-state index contributed by atoms with van der Waals surface area (Å²) < 4.78 is 0. The highest BCUT2D eigenvalue weighted by molar-refractivity contribution is 5.63. The molecule has 0 spiro atoms. The van der Waals surface area contributed by atoms with Gasteiger partial charge in [0.1, 0.15) is 11.9 Å². The van der Waals surface area contributed by atoms with Crippen molar-refractivity contribution in [1.29, 1.82) is 0 Å². The summed E-state index contributed by atoms with van der Waals surface area (Å²) in [6.07, 6.45) is 0.743. The molecule has 1 aromatic rings. The average Bonchev–Trinajstić information content (AvgIpc) is 2.04. The number of aliphatic hydroxyl groups is 1. The Balaban J connectivity index is 3.02. The molecule has 0 radical (unpaired) electrons. The summed E-state index contributed by atoms with van der Waals surface area (Å²) in [4.78, 5) is 13.8. The first-order chi connectivity index (χ1) is 5.25. The van der Waals surface area contributed by atoms with Gasteiger partial charge in [0.05, 0.1) is 0 Å². The van der Waals surface area contributed by atoms with Crippen molar-refractivity contribution in [3.8, 4) is 0 Å². The molecule has 0 bridgehead atoms. The van der Waals surface area contributed by atoms with Crippen molar-refractivity contribution < 1.29 is 9.90 Å². The lowest BCUT2D eigenvalue weighted by molar-refractivity contribution is -0.115. The zero-order chi connectivity index (χ0) is 8.27. The molecule has 1 aromatic heterocycles. The van der Waals surface area contributed by atoms with Crippen molar-refractivity contribution in [2.24, 2.45) is 0 Å². The van der Waals surface area contributed by atoms with Gasteiger partial charge in [-0.25, -0.2) is 4.98 Å². The third-order valence-electron chi connectivity index (χ3n) is 1.32. The van der Waals surface area contributed by atoms with Crippen LogP contribution in [0.15, 0.2) is 18.3 Å². The zero-order valence-electron chi connectivity index (χ0n) is 5.77. The number of aldehydes is 1. The second kappa shape index (κ2) is 3.12. The van der Waals surface area contributed by atoms with Crippen molar-refractivity contribution in [2.75, 3.05) is 5.73 Å². The summed E-state index contributed by atoms with van der Waals surface area (Å²) in [5.41, 5.74) is 5.72. The first-order valence-electron chi connectivity index (χ1n) is 3.09. The molecule has 1 unspecified atom stereocenters. The summed E-state index contributed by atoms with van der Waals surface area (Å²) in [6, 6.07) is 3.17. The molecule has 0 amide bonds. The van der Waals surface area contributed by atoms with Gasteiger partial charge >= 0.3 is 0 Å². The highest BCUT2D eigenvalue weighted by Gasteiger charge is 2.08. The van der Waals surface area contributed by atoms with Gasteiger partial charge in [0.25, 0.3) is 0 Å². The van der Waals surface area contributed by atoms with Gasteiger partial charge in [0.15, 0.2) is 6.29 Å². The maximum Gasteiger partial charge on any atom is 0.153 e. The van der Waals surface area contributed by atoms with Crippen LogP contribution in [-0.2, 0) is 4.79 Å². The number of aromatic nitrogens is 1. The summed E-state index contributed by atoms with van der Waals surface area (Å²) in [7, 11) is 0. The minimum atomic E-state index is -1.16. The standard InChI is InChI=1S/C7H8N2O2/c8-7-5(6(11)4-10)2-1-3-9-7/h1-4,6,11H,(H2,8,9). The summed E-state index contributed by atoms with van der Waals surface area (Å²) in [6.45, 7) is 0. The Bertz CT molecular complexity index is 262. The fraction of sp³-hybridized carbons (Fsp3) is 0.143. The van der Waals surface area contributed by atoms with Crippen LogP contribution in [0.25, 0.3) is 0 Å². The van der Waals surface area contributed by atoms with E-state index in [0.29, 0.717) is 11.8 Å². The quantitative estimate of drug-likeness (QED) is 0.580. The molecule has 58 valence electrons. The molecule has 4 nitrogen and oxygen atoms in total. The minimum Gasteiger partial charge on any atom is -0.383 e. The van der Waals surface area contributed by atoms with Crippen LogP contribution < -0.4 is 5.73 Å². The largest absolute Gasteiger partial charge is 0.383 e. The van der Waals surface area contributed by atoms with Crippen LogP contribution in [-0.4, -0.2) is 16.4 Å². The molecule has 1 atom stereocenters.